The van der Waals surface area contributed by atoms with Crippen LogP contribution in [0.15, 0.2) is 0 Å². The third-order valence-electron chi connectivity index (χ3n) is 0.816. The minimum Gasteiger partial charge on any atom is -0.455 e. The number of carbonyl (C=O) groups excluding carboxylic acids is 2. The molecule has 12 heavy (non-hydrogen) atoms. The number of aliphatic hydroxyl groups is 2. The molecule has 0 saturated carbocycles. The molecule has 2 N–H and O–H groups in total. The Morgan fingerprint density at radius 1 is 0.917 bits per heavy atom. The average molecular weight is 178 g/mol. The van der Waals surface area contributed by atoms with Gasteiger partial charge in [0.15, 0.2) is 0 Å². The number of aliphatic hydroxyl groups excluding tert-OH is 2. The standard InChI is InChI=1S/C6H10O6/c7-1-3-11-5(9)6(10)12-4-2-8/h7-8H,1-4H2. The highest BCUT2D eigenvalue weighted by Crippen LogP contribution is 1.83. The fourth-order valence-electron chi connectivity index (χ4n) is 0.395. The highest BCUT2D eigenvalue weighted by molar-refractivity contribution is 6.29. The lowest BCUT2D eigenvalue weighted by atomic mass is 10.6. The largest absolute Gasteiger partial charge is 0.455 e. The molecule has 0 unspecified atom stereocenters. The smallest absolute Gasteiger partial charge is 0.417 e. The zero-order chi connectivity index (χ0) is 9.40. The molecule has 0 aromatic carbocycles. The van der Waals surface area contributed by atoms with Crippen LogP contribution in [0.4, 0.5) is 0 Å². The van der Waals surface area contributed by atoms with E-state index in [4.69, 9.17) is 10.2 Å². The Morgan fingerprint density at radius 2 is 1.25 bits per heavy atom. The maximum absolute atomic E-state index is 10.5. The van der Waals surface area contributed by atoms with Crippen molar-refractivity contribution in [3.8, 4) is 0 Å². The zero-order valence-electron chi connectivity index (χ0n) is 6.36. The van der Waals surface area contributed by atoms with Crippen molar-refractivity contribution in [3.63, 3.8) is 0 Å². The van der Waals surface area contributed by atoms with Crippen LogP contribution in [0.5, 0.6) is 0 Å². The van der Waals surface area contributed by atoms with E-state index in [0.717, 1.165) is 0 Å². The number of ether oxygens (including phenoxy) is 2. The molecule has 0 atom stereocenters. The number of esters is 2. The van der Waals surface area contributed by atoms with Crippen LogP contribution in [0.2, 0.25) is 0 Å². The van der Waals surface area contributed by atoms with Gasteiger partial charge in [0.05, 0.1) is 13.2 Å². The Bertz CT molecular complexity index is 136. The van der Waals surface area contributed by atoms with Crippen LogP contribution in [0.25, 0.3) is 0 Å². The third-order valence-corrected chi connectivity index (χ3v) is 0.816. The Balaban J connectivity index is 3.55. The monoisotopic (exact) mass is 178 g/mol. The summed E-state index contributed by atoms with van der Waals surface area (Å²) in [7, 11) is 0. The van der Waals surface area contributed by atoms with Crippen LogP contribution in [0, 0.1) is 0 Å². The van der Waals surface area contributed by atoms with Gasteiger partial charge in [0.25, 0.3) is 0 Å². The average Bonchev–Trinajstić information content (AvgIpc) is 2.10. The number of carbonyl (C=O) groups is 2. The van der Waals surface area contributed by atoms with E-state index < -0.39 is 11.9 Å². The first-order valence-corrected chi connectivity index (χ1v) is 3.28. The molecule has 0 aromatic rings. The predicted molar refractivity (Wildman–Crippen MR) is 36.1 cm³/mol. The Hall–Kier alpha value is -1.14. The van der Waals surface area contributed by atoms with Gasteiger partial charge < -0.3 is 19.7 Å². The first-order chi connectivity index (χ1) is 5.72. The Labute approximate surface area is 68.7 Å². The SMILES string of the molecule is O=C(OCCO)C(=O)OCCO. The van der Waals surface area contributed by atoms with Crippen LogP contribution in [-0.4, -0.2) is 48.6 Å². The summed E-state index contributed by atoms with van der Waals surface area (Å²) in [6, 6.07) is 0. The highest BCUT2D eigenvalue weighted by atomic mass is 16.6. The van der Waals surface area contributed by atoms with Crippen LogP contribution >= 0.6 is 0 Å². The van der Waals surface area contributed by atoms with Crippen molar-refractivity contribution in [2.24, 2.45) is 0 Å². The van der Waals surface area contributed by atoms with E-state index >= 15 is 0 Å². The van der Waals surface area contributed by atoms with Crippen LogP contribution < -0.4 is 0 Å². The Morgan fingerprint density at radius 3 is 1.50 bits per heavy atom. The summed E-state index contributed by atoms with van der Waals surface area (Å²) in [5.41, 5.74) is 0. The summed E-state index contributed by atoms with van der Waals surface area (Å²) in [5, 5.41) is 16.4. The van der Waals surface area contributed by atoms with Gasteiger partial charge in [-0.25, -0.2) is 9.59 Å². The second-order valence-corrected chi connectivity index (χ2v) is 1.72. The zero-order valence-corrected chi connectivity index (χ0v) is 6.36. The second-order valence-electron chi connectivity index (χ2n) is 1.72. The molecular weight excluding hydrogens is 168 g/mol. The molecule has 0 saturated heterocycles. The summed E-state index contributed by atoms with van der Waals surface area (Å²) >= 11 is 0. The van der Waals surface area contributed by atoms with E-state index in [9.17, 15) is 9.59 Å². The van der Waals surface area contributed by atoms with Crippen LogP contribution in [0.1, 0.15) is 0 Å². The fourth-order valence-corrected chi connectivity index (χ4v) is 0.395. The van der Waals surface area contributed by atoms with Crippen molar-refractivity contribution < 1.29 is 29.3 Å². The summed E-state index contributed by atoms with van der Waals surface area (Å²) in [6.45, 7) is -1.18. The predicted octanol–water partition coefficient (Wildman–Crippen LogP) is -1.94. The summed E-state index contributed by atoms with van der Waals surface area (Å²) in [5.74, 6) is -2.34. The number of hydrogen-bond donors (Lipinski definition) is 2. The molecule has 0 bridgehead atoms. The van der Waals surface area contributed by atoms with Gasteiger partial charge in [-0.05, 0) is 0 Å². The van der Waals surface area contributed by atoms with E-state index in [1.165, 1.54) is 0 Å². The molecule has 6 heteroatoms. The van der Waals surface area contributed by atoms with Crippen molar-refractivity contribution in [3.05, 3.63) is 0 Å². The Kier molecular flexibility index (Phi) is 5.94. The van der Waals surface area contributed by atoms with Gasteiger partial charge in [-0.15, -0.1) is 0 Å². The molecule has 0 aliphatic heterocycles. The topological polar surface area (TPSA) is 93.1 Å². The van der Waals surface area contributed by atoms with Crippen molar-refractivity contribution in [2.45, 2.75) is 0 Å². The lowest BCUT2D eigenvalue weighted by molar-refractivity contribution is -0.168. The summed E-state index contributed by atoms with van der Waals surface area (Å²) in [4.78, 5) is 21.0. The molecular formula is C6H10O6. The molecule has 0 aromatic heterocycles. The lowest BCUT2D eigenvalue weighted by Gasteiger charge is -2.01. The van der Waals surface area contributed by atoms with Crippen molar-refractivity contribution >= 4 is 11.9 Å². The second kappa shape index (κ2) is 6.56. The van der Waals surface area contributed by atoms with E-state index in [0.29, 0.717) is 0 Å². The van der Waals surface area contributed by atoms with Crippen molar-refractivity contribution in [1.82, 2.24) is 0 Å². The quantitative estimate of drug-likeness (QED) is 0.384. The molecule has 70 valence electrons. The normalized spacial score (nSPS) is 9.17. The maximum Gasteiger partial charge on any atom is 0.417 e. The molecule has 0 radical (unpaired) electrons. The minimum atomic E-state index is -1.17. The van der Waals surface area contributed by atoms with Gasteiger partial charge in [-0.2, -0.15) is 0 Å². The molecule has 0 spiro atoms. The molecule has 0 heterocycles. The van der Waals surface area contributed by atoms with E-state index in [1.807, 2.05) is 0 Å². The van der Waals surface area contributed by atoms with Gasteiger partial charge in [0, 0.05) is 0 Å². The van der Waals surface area contributed by atoms with E-state index in [2.05, 4.69) is 9.47 Å². The molecule has 0 aliphatic rings. The van der Waals surface area contributed by atoms with E-state index in [1.54, 1.807) is 0 Å². The van der Waals surface area contributed by atoms with E-state index in [-0.39, 0.29) is 26.4 Å². The molecule has 0 aliphatic carbocycles. The lowest BCUT2D eigenvalue weighted by Crippen LogP contribution is -2.22. The van der Waals surface area contributed by atoms with Gasteiger partial charge >= 0.3 is 11.9 Å². The van der Waals surface area contributed by atoms with Crippen molar-refractivity contribution in [1.29, 1.82) is 0 Å². The van der Waals surface area contributed by atoms with Crippen LogP contribution in [0.3, 0.4) is 0 Å². The number of hydrogen-bond acceptors (Lipinski definition) is 6. The first-order valence-electron chi connectivity index (χ1n) is 3.28. The summed E-state index contributed by atoms with van der Waals surface area (Å²) < 4.78 is 8.41. The third kappa shape index (κ3) is 4.64. The summed E-state index contributed by atoms with van der Waals surface area (Å²) in [6.07, 6.45) is 0. The van der Waals surface area contributed by atoms with Crippen LogP contribution in [-0.2, 0) is 19.1 Å². The van der Waals surface area contributed by atoms with Gasteiger partial charge in [0.2, 0.25) is 0 Å². The maximum atomic E-state index is 10.5. The molecule has 0 fully saturated rings. The highest BCUT2D eigenvalue weighted by Gasteiger charge is 2.15. The molecule has 0 rings (SSSR count). The molecule has 0 amide bonds. The number of rotatable bonds is 4. The first kappa shape index (κ1) is 10.9. The minimum absolute atomic E-state index is 0.243. The van der Waals surface area contributed by atoms with Crippen molar-refractivity contribution in [2.75, 3.05) is 26.4 Å². The van der Waals surface area contributed by atoms with Gasteiger partial charge in [0.1, 0.15) is 13.2 Å². The van der Waals surface area contributed by atoms with Gasteiger partial charge in [-0.1, -0.05) is 0 Å². The fraction of sp³-hybridized carbons (Fsp3) is 0.667. The van der Waals surface area contributed by atoms with Gasteiger partial charge in [-0.3, -0.25) is 0 Å². The molecule has 6 nitrogen and oxygen atoms in total.